The summed E-state index contributed by atoms with van der Waals surface area (Å²) in [5, 5.41) is 0. The van der Waals surface area contributed by atoms with E-state index < -0.39 is 17.9 Å². The van der Waals surface area contributed by atoms with Gasteiger partial charge in [0, 0.05) is 17.1 Å². The van der Waals surface area contributed by atoms with E-state index in [-0.39, 0.29) is 19.1 Å². The molecule has 0 saturated carbocycles. The predicted molar refractivity (Wildman–Crippen MR) is 108 cm³/mol. The number of carbonyl (C=O) groups excluding carboxylic acids is 3. The fourth-order valence-electron chi connectivity index (χ4n) is 2.46. The molecule has 0 radical (unpaired) electrons. The van der Waals surface area contributed by atoms with Crippen molar-refractivity contribution in [2.45, 2.75) is 26.2 Å². The molecule has 0 spiro atoms. The van der Waals surface area contributed by atoms with Gasteiger partial charge in [0.25, 0.3) is 0 Å². The van der Waals surface area contributed by atoms with Crippen molar-refractivity contribution >= 4 is 17.9 Å². The first-order chi connectivity index (χ1) is 13.8. The third-order valence-electron chi connectivity index (χ3n) is 4.10. The molecule has 6 nitrogen and oxygen atoms in total. The quantitative estimate of drug-likeness (QED) is 0.286. The molecule has 0 bridgehead atoms. The van der Waals surface area contributed by atoms with Crippen molar-refractivity contribution in [1.82, 2.24) is 0 Å². The maximum Gasteiger partial charge on any atom is 0.338 e. The van der Waals surface area contributed by atoms with E-state index in [1.165, 1.54) is 0 Å². The van der Waals surface area contributed by atoms with Crippen LogP contribution in [0.2, 0.25) is 0 Å². The van der Waals surface area contributed by atoms with Gasteiger partial charge in [-0.15, -0.1) is 0 Å². The Bertz CT molecular complexity index is 873. The van der Waals surface area contributed by atoms with E-state index >= 15 is 0 Å². The molecule has 29 heavy (non-hydrogen) atoms. The van der Waals surface area contributed by atoms with Crippen molar-refractivity contribution in [2.75, 3.05) is 13.2 Å². The Morgan fingerprint density at radius 2 is 1.59 bits per heavy atom. The normalized spacial score (nSPS) is 15.1. The summed E-state index contributed by atoms with van der Waals surface area (Å²) < 4.78 is 15.2. The van der Waals surface area contributed by atoms with Crippen LogP contribution in [0.1, 0.15) is 42.1 Å². The number of benzene rings is 1. The van der Waals surface area contributed by atoms with Gasteiger partial charge in [-0.3, -0.25) is 0 Å². The number of hydrogen-bond donors (Lipinski definition) is 0. The summed E-state index contributed by atoms with van der Waals surface area (Å²) in [5.74, 6) is -0.833. The maximum absolute atomic E-state index is 12.1. The zero-order chi connectivity index (χ0) is 21.4. The molecule has 1 aromatic rings. The van der Waals surface area contributed by atoms with Crippen LogP contribution in [0, 0.1) is 0 Å². The Kier molecular flexibility index (Phi) is 7.71. The average molecular weight is 396 g/mol. The number of hydrogen-bond acceptors (Lipinski definition) is 6. The molecule has 1 aromatic carbocycles. The summed E-state index contributed by atoms with van der Waals surface area (Å²) in [7, 11) is 0. The molecule has 1 aliphatic rings. The standard InChI is InChI=1S/C23H24O6/c1-15(2)21(24)27-13-14-28-23(26)19-7-5-17(6-8-19)18-9-11-20(12-10-18)29-22(25)16(3)4/h5-9,11-12,18H,1,3,10,13-14H2,2,4H3. The summed E-state index contributed by atoms with van der Waals surface area (Å²) in [5.41, 5.74) is 2.07. The second-order valence-corrected chi connectivity index (χ2v) is 6.65. The first-order valence-electron chi connectivity index (χ1n) is 9.13. The van der Waals surface area contributed by atoms with Gasteiger partial charge in [0.05, 0.1) is 5.56 Å². The van der Waals surface area contributed by atoms with Crippen LogP contribution in [-0.4, -0.2) is 31.1 Å². The van der Waals surface area contributed by atoms with E-state index in [2.05, 4.69) is 13.2 Å². The van der Waals surface area contributed by atoms with Gasteiger partial charge in [0.15, 0.2) is 0 Å². The van der Waals surface area contributed by atoms with Crippen molar-refractivity contribution in [3.63, 3.8) is 0 Å². The summed E-state index contributed by atoms with van der Waals surface area (Å²) in [6.45, 7) is 10.1. The number of esters is 3. The molecule has 1 aliphatic carbocycles. The van der Waals surface area contributed by atoms with Crippen LogP contribution in [-0.2, 0) is 23.8 Å². The van der Waals surface area contributed by atoms with Crippen LogP contribution in [0.25, 0.3) is 0 Å². The summed E-state index contributed by atoms with van der Waals surface area (Å²) >= 11 is 0. The van der Waals surface area contributed by atoms with Gasteiger partial charge in [-0.05, 0) is 50.1 Å². The highest BCUT2D eigenvalue weighted by molar-refractivity contribution is 5.89. The van der Waals surface area contributed by atoms with Gasteiger partial charge < -0.3 is 14.2 Å². The Labute approximate surface area is 170 Å². The molecule has 0 aliphatic heterocycles. The minimum Gasteiger partial charge on any atom is -0.459 e. The van der Waals surface area contributed by atoms with Crippen LogP contribution in [0.5, 0.6) is 0 Å². The van der Waals surface area contributed by atoms with Gasteiger partial charge in [-0.25, -0.2) is 14.4 Å². The van der Waals surface area contributed by atoms with Crippen molar-refractivity contribution in [1.29, 1.82) is 0 Å². The number of ether oxygens (including phenoxy) is 3. The topological polar surface area (TPSA) is 78.9 Å². The Morgan fingerprint density at radius 1 is 0.966 bits per heavy atom. The van der Waals surface area contributed by atoms with E-state index in [4.69, 9.17) is 14.2 Å². The number of allylic oxidation sites excluding steroid dienone is 3. The molecule has 6 heteroatoms. The highest BCUT2D eigenvalue weighted by Gasteiger charge is 2.15. The van der Waals surface area contributed by atoms with Crippen LogP contribution >= 0.6 is 0 Å². The Morgan fingerprint density at radius 3 is 2.14 bits per heavy atom. The zero-order valence-corrected chi connectivity index (χ0v) is 16.6. The van der Waals surface area contributed by atoms with Crippen LogP contribution in [0.4, 0.5) is 0 Å². The second-order valence-electron chi connectivity index (χ2n) is 6.65. The van der Waals surface area contributed by atoms with Gasteiger partial charge in [-0.1, -0.05) is 31.4 Å². The Balaban J connectivity index is 1.84. The Hall–Kier alpha value is -3.41. The van der Waals surface area contributed by atoms with Crippen LogP contribution in [0.15, 0.2) is 72.6 Å². The zero-order valence-electron chi connectivity index (χ0n) is 16.6. The fraction of sp³-hybridized carbons (Fsp3) is 0.261. The van der Waals surface area contributed by atoms with Crippen LogP contribution in [0.3, 0.4) is 0 Å². The van der Waals surface area contributed by atoms with Crippen molar-refractivity contribution < 1.29 is 28.6 Å². The first kappa shape index (κ1) is 21.9. The van der Waals surface area contributed by atoms with Crippen LogP contribution < -0.4 is 0 Å². The predicted octanol–water partition coefficient (Wildman–Crippen LogP) is 4.01. The van der Waals surface area contributed by atoms with Gasteiger partial charge in [0.1, 0.15) is 19.0 Å². The first-order valence-corrected chi connectivity index (χ1v) is 9.13. The molecule has 1 unspecified atom stereocenters. The monoisotopic (exact) mass is 396 g/mol. The smallest absolute Gasteiger partial charge is 0.338 e. The third kappa shape index (κ3) is 6.60. The summed E-state index contributed by atoms with van der Waals surface area (Å²) in [6, 6.07) is 7.08. The van der Waals surface area contributed by atoms with Gasteiger partial charge in [-0.2, -0.15) is 0 Å². The van der Waals surface area contributed by atoms with E-state index in [0.717, 1.165) is 5.56 Å². The van der Waals surface area contributed by atoms with E-state index in [1.54, 1.807) is 32.1 Å². The molecular weight excluding hydrogens is 372 g/mol. The highest BCUT2D eigenvalue weighted by Crippen LogP contribution is 2.27. The van der Waals surface area contributed by atoms with E-state index in [1.807, 2.05) is 24.3 Å². The van der Waals surface area contributed by atoms with E-state index in [0.29, 0.717) is 28.9 Å². The lowest BCUT2D eigenvalue weighted by molar-refractivity contribution is -0.140. The maximum atomic E-state index is 12.1. The fourth-order valence-corrected chi connectivity index (χ4v) is 2.46. The van der Waals surface area contributed by atoms with Crippen molar-refractivity contribution in [3.8, 4) is 0 Å². The summed E-state index contributed by atoms with van der Waals surface area (Å²) in [4.78, 5) is 34.9. The number of carbonyl (C=O) groups is 3. The molecule has 152 valence electrons. The molecule has 0 saturated heterocycles. The lowest BCUT2D eigenvalue weighted by Gasteiger charge is -2.17. The van der Waals surface area contributed by atoms with Gasteiger partial charge >= 0.3 is 17.9 Å². The SMILES string of the molecule is C=C(C)C(=O)OCCOC(=O)c1ccc(C2C=CC(OC(=O)C(=C)C)=CC2)cc1. The lowest BCUT2D eigenvalue weighted by Crippen LogP contribution is -2.14. The molecule has 2 rings (SSSR count). The molecule has 0 aromatic heterocycles. The summed E-state index contributed by atoms with van der Waals surface area (Å²) in [6.07, 6.45) is 6.22. The van der Waals surface area contributed by atoms with Crippen molar-refractivity contribution in [2.24, 2.45) is 0 Å². The minimum atomic E-state index is -0.516. The second kappa shape index (κ2) is 10.2. The van der Waals surface area contributed by atoms with E-state index in [9.17, 15) is 14.4 Å². The molecule has 0 N–H and O–H groups in total. The lowest BCUT2D eigenvalue weighted by atomic mass is 9.91. The molecular formula is C23H24O6. The molecule has 0 fully saturated rings. The van der Waals surface area contributed by atoms with Crippen molar-refractivity contribution in [3.05, 3.63) is 83.7 Å². The highest BCUT2D eigenvalue weighted by atomic mass is 16.6. The average Bonchev–Trinajstić information content (AvgIpc) is 2.71. The minimum absolute atomic E-state index is 0.0208. The molecule has 0 heterocycles. The molecule has 1 atom stereocenters. The van der Waals surface area contributed by atoms with Gasteiger partial charge in [0.2, 0.25) is 0 Å². The number of rotatable bonds is 8. The molecule has 0 amide bonds. The largest absolute Gasteiger partial charge is 0.459 e. The third-order valence-corrected chi connectivity index (χ3v) is 4.10.